The van der Waals surface area contributed by atoms with Crippen LogP contribution in [0.15, 0.2) is 60.7 Å². The quantitative estimate of drug-likeness (QED) is 0.713. The number of hydrogen-bond acceptors (Lipinski definition) is 2. The van der Waals surface area contributed by atoms with Crippen molar-refractivity contribution >= 4 is 11.6 Å². The Morgan fingerprint density at radius 3 is 2.50 bits per heavy atom. The van der Waals surface area contributed by atoms with Gasteiger partial charge >= 0.3 is 0 Å². The van der Waals surface area contributed by atoms with Crippen LogP contribution in [0.3, 0.4) is 0 Å². The van der Waals surface area contributed by atoms with E-state index in [1.54, 1.807) is 0 Å². The van der Waals surface area contributed by atoms with Crippen LogP contribution in [0.5, 0.6) is 5.75 Å². The van der Waals surface area contributed by atoms with E-state index in [2.05, 4.69) is 36.5 Å². The van der Waals surface area contributed by atoms with Crippen LogP contribution in [0.25, 0.3) is 11.1 Å². The molecule has 0 radical (unpaired) electrons. The first-order chi connectivity index (χ1) is 12.6. The summed E-state index contributed by atoms with van der Waals surface area (Å²) in [7, 11) is 0. The van der Waals surface area contributed by atoms with Gasteiger partial charge in [0.05, 0.1) is 6.61 Å². The molecule has 1 heterocycles. The first-order valence-electron chi connectivity index (χ1n) is 8.85. The van der Waals surface area contributed by atoms with E-state index in [0.717, 1.165) is 35.6 Å². The van der Waals surface area contributed by atoms with Gasteiger partial charge in [0, 0.05) is 17.7 Å². The highest BCUT2D eigenvalue weighted by molar-refractivity contribution is 6.05. The third-order valence-electron chi connectivity index (χ3n) is 4.88. The first kappa shape index (κ1) is 16.4. The summed E-state index contributed by atoms with van der Waals surface area (Å²) in [6.07, 6.45) is 0.965. The third-order valence-corrected chi connectivity index (χ3v) is 4.88. The van der Waals surface area contributed by atoms with Gasteiger partial charge in [0.15, 0.2) is 0 Å². The van der Waals surface area contributed by atoms with Crippen molar-refractivity contribution in [2.75, 3.05) is 11.9 Å². The molecular formula is C23H21NO2. The number of fused-ring (bicyclic) bond motifs is 1. The van der Waals surface area contributed by atoms with Gasteiger partial charge in [0.1, 0.15) is 5.75 Å². The number of ether oxygens (including phenoxy) is 1. The lowest BCUT2D eigenvalue weighted by molar-refractivity contribution is 0.102. The number of carbonyl (C=O) groups excluding carboxylic acids is 1. The van der Waals surface area contributed by atoms with Crippen LogP contribution in [0.1, 0.15) is 27.0 Å². The minimum absolute atomic E-state index is 0.0817. The van der Waals surface area contributed by atoms with E-state index >= 15 is 0 Å². The predicted octanol–water partition coefficient (Wildman–Crippen LogP) is 5.16. The Morgan fingerprint density at radius 2 is 1.73 bits per heavy atom. The van der Waals surface area contributed by atoms with E-state index in [-0.39, 0.29) is 5.91 Å². The van der Waals surface area contributed by atoms with Crippen molar-refractivity contribution in [3.8, 4) is 16.9 Å². The van der Waals surface area contributed by atoms with E-state index in [9.17, 15) is 4.79 Å². The highest BCUT2D eigenvalue weighted by Gasteiger charge is 2.15. The zero-order valence-electron chi connectivity index (χ0n) is 15.0. The Morgan fingerprint density at radius 1 is 0.962 bits per heavy atom. The molecule has 0 aromatic heterocycles. The molecule has 3 heteroatoms. The van der Waals surface area contributed by atoms with Gasteiger partial charge < -0.3 is 10.1 Å². The van der Waals surface area contributed by atoms with Crippen molar-refractivity contribution in [2.24, 2.45) is 0 Å². The topological polar surface area (TPSA) is 38.3 Å². The second-order valence-corrected chi connectivity index (χ2v) is 6.72. The molecule has 0 fully saturated rings. The second kappa shape index (κ2) is 6.68. The monoisotopic (exact) mass is 343 g/mol. The average Bonchev–Trinajstić information content (AvgIpc) is 3.09. The van der Waals surface area contributed by atoms with Crippen LogP contribution >= 0.6 is 0 Å². The first-order valence-corrected chi connectivity index (χ1v) is 8.85. The van der Waals surface area contributed by atoms with Crippen LogP contribution in [-0.2, 0) is 6.42 Å². The van der Waals surface area contributed by atoms with Crippen LogP contribution in [-0.4, -0.2) is 12.5 Å². The van der Waals surface area contributed by atoms with Crippen molar-refractivity contribution in [1.82, 2.24) is 0 Å². The number of benzene rings is 3. The summed E-state index contributed by atoms with van der Waals surface area (Å²) in [6.45, 7) is 4.81. The summed E-state index contributed by atoms with van der Waals surface area (Å²) in [4.78, 5) is 12.4. The van der Waals surface area contributed by atoms with Crippen LogP contribution in [0.4, 0.5) is 5.69 Å². The molecule has 0 unspecified atom stereocenters. The normalized spacial score (nSPS) is 12.4. The summed E-state index contributed by atoms with van der Waals surface area (Å²) in [5, 5.41) is 2.98. The van der Waals surface area contributed by atoms with Gasteiger partial charge in [-0.15, -0.1) is 0 Å². The molecule has 130 valence electrons. The highest BCUT2D eigenvalue weighted by atomic mass is 16.5. The number of anilines is 1. The van der Waals surface area contributed by atoms with E-state index in [1.165, 1.54) is 16.7 Å². The SMILES string of the molecule is Cc1ccccc1C(=O)Nc1ccc(-c2cc3c(cc2C)OCC3)cc1. The number of hydrogen-bond donors (Lipinski definition) is 1. The van der Waals surface area contributed by atoms with Crippen molar-refractivity contribution in [3.05, 3.63) is 82.9 Å². The maximum absolute atomic E-state index is 12.4. The summed E-state index contributed by atoms with van der Waals surface area (Å²) in [6, 6.07) is 20.0. The molecule has 3 aromatic carbocycles. The Balaban J connectivity index is 1.56. The number of carbonyl (C=O) groups is 1. The van der Waals surface area contributed by atoms with E-state index in [4.69, 9.17) is 4.74 Å². The number of rotatable bonds is 3. The highest BCUT2D eigenvalue weighted by Crippen LogP contribution is 2.34. The zero-order valence-corrected chi connectivity index (χ0v) is 15.0. The van der Waals surface area contributed by atoms with Crippen LogP contribution < -0.4 is 10.1 Å². The Bertz CT molecular complexity index is 974. The molecular weight excluding hydrogens is 322 g/mol. The molecule has 4 rings (SSSR count). The van der Waals surface area contributed by atoms with Crippen molar-refractivity contribution in [2.45, 2.75) is 20.3 Å². The molecule has 3 nitrogen and oxygen atoms in total. The molecule has 1 aliphatic rings. The molecule has 1 amide bonds. The summed E-state index contributed by atoms with van der Waals surface area (Å²) in [5.74, 6) is 0.926. The van der Waals surface area contributed by atoms with Crippen molar-refractivity contribution in [1.29, 1.82) is 0 Å². The lowest BCUT2D eigenvalue weighted by Crippen LogP contribution is -2.13. The Labute approximate surface area is 153 Å². The Kier molecular flexibility index (Phi) is 4.21. The van der Waals surface area contributed by atoms with Gasteiger partial charge in [0.25, 0.3) is 5.91 Å². The fourth-order valence-corrected chi connectivity index (χ4v) is 3.40. The summed E-state index contributed by atoms with van der Waals surface area (Å²) >= 11 is 0. The van der Waals surface area contributed by atoms with E-state index < -0.39 is 0 Å². The van der Waals surface area contributed by atoms with Crippen LogP contribution in [0.2, 0.25) is 0 Å². The number of aryl methyl sites for hydroxylation is 2. The molecule has 0 atom stereocenters. The number of amides is 1. The average molecular weight is 343 g/mol. The molecule has 0 aliphatic carbocycles. The van der Waals surface area contributed by atoms with Gasteiger partial charge in [-0.25, -0.2) is 0 Å². The Hall–Kier alpha value is -3.07. The number of nitrogens with one attached hydrogen (secondary N) is 1. The molecule has 26 heavy (non-hydrogen) atoms. The third kappa shape index (κ3) is 3.08. The largest absolute Gasteiger partial charge is 0.493 e. The minimum Gasteiger partial charge on any atom is -0.493 e. The smallest absolute Gasteiger partial charge is 0.255 e. The molecule has 0 saturated heterocycles. The second-order valence-electron chi connectivity index (χ2n) is 6.72. The van der Waals surface area contributed by atoms with Crippen molar-refractivity contribution in [3.63, 3.8) is 0 Å². The van der Waals surface area contributed by atoms with Gasteiger partial charge in [-0.2, -0.15) is 0 Å². The zero-order chi connectivity index (χ0) is 18.1. The maximum Gasteiger partial charge on any atom is 0.255 e. The standard InChI is InChI=1S/C23H21NO2/c1-15-5-3-4-6-20(15)23(25)24-19-9-7-17(8-10-19)21-14-18-11-12-26-22(18)13-16(21)2/h3-10,13-14H,11-12H2,1-2H3,(H,24,25). The van der Waals surface area contributed by atoms with Crippen molar-refractivity contribution < 1.29 is 9.53 Å². The molecule has 1 aliphatic heterocycles. The molecule has 1 N–H and O–H groups in total. The lowest BCUT2D eigenvalue weighted by Gasteiger charge is -2.11. The van der Waals surface area contributed by atoms with Gasteiger partial charge in [0.2, 0.25) is 0 Å². The predicted molar refractivity (Wildman–Crippen MR) is 105 cm³/mol. The van der Waals surface area contributed by atoms with Gasteiger partial charge in [-0.1, -0.05) is 30.3 Å². The van der Waals surface area contributed by atoms with Gasteiger partial charge in [-0.05, 0) is 72.0 Å². The van der Waals surface area contributed by atoms with E-state index in [1.807, 2.05) is 43.3 Å². The maximum atomic E-state index is 12.4. The van der Waals surface area contributed by atoms with Crippen LogP contribution in [0, 0.1) is 13.8 Å². The fourth-order valence-electron chi connectivity index (χ4n) is 3.40. The lowest BCUT2D eigenvalue weighted by atomic mass is 9.97. The minimum atomic E-state index is -0.0817. The molecule has 3 aromatic rings. The molecule has 0 saturated carbocycles. The molecule has 0 spiro atoms. The summed E-state index contributed by atoms with van der Waals surface area (Å²) < 4.78 is 5.64. The van der Waals surface area contributed by atoms with Gasteiger partial charge in [-0.3, -0.25) is 4.79 Å². The summed E-state index contributed by atoms with van der Waals surface area (Å²) in [5.41, 5.74) is 7.29. The fraction of sp³-hybridized carbons (Fsp3) is 0.174. The molecule has 0 bridgehead atoms. The van der Waals surface area contributed by atoms with E-state index in [0.29, 0.717) is 5.56 Å².